The summed E-state index contributed by atoms with van der Waals surface area (Å²) >= 11 is 3.39. The lowest BCUT2D eigenvalue weighted by atomic mass is 9.85. The quantitative estimate of drug-likeness (QED) is 0.571. The maximum absolute atomic E-state index is 13.3. The minimum absolute atomic E-state index is 0.324. The summed E-state index contributed by atoms with van der Waals surface area (Å²) in [6.45, 7) is 8.28. The molecule has 0 unspecified atom stereocenters. The van der Waals surface area contributed by atoms with Gasteiger partial charge in [0.25, 0.3) is 0 Å². The number of carbonyl (C=O) groups is 1. The largest absolute Gasteiger partial charge is 0.437 e. The molecule has 0 spiro atoms. The standard InChI is InChI=1S/C21H19BrFNO2/c1-3-12-21(17-6-10-19(23)11-7-17)13-14-24(20(25)26-21)15(2)16-4-8-18(22)9-5-16/h3-11H,1-2,12-14H2/t21-/m1/s1. The lowest BCUT2D eigenvalue weighted by Gasteiger charge is -2.41. The zero-order chi connectivity index (χ0) is 18.7. The number of amides is 1. The van der Waals surface area contributed by atoms with Gasteiger partial charge in [-0.05, 0) is 35.4 Å². The summed E-state index contributed by atoms with van der Waals surface area (Å²) in [5.41, 5.74) is 1.38. The summed E-state index contributed by atoms with van der Waals surface area (Å²) in [4.78, 5) is 14.3. The topological polar surface area (TPSA) is 29.5 Å². The molecule has 26 heavy (non-hydrogen) atoms. The molecule has 3 rings (SSSR count). The van der Waals surface area contributed by atoms with Gasteiger partial charge in [-0.2, -0.15) is 0 Å². The molecule has 0 aromatic heterocycles. The number of nitrogens with zero attached hydrogens (tertiary/aromatic N) is 1. The van der Waals surface area contributed by atoms with Crippen LogP contribution in [0.1, 0.15) is 24.0 Å². The van der Waals surface area contributed by atoms with Crippen molar-refractivity contribution in [1.29, 1.82) is 0 Å². The van der Waals surface area contributed by atoms with Gasteiger partial charge in [0.05, 0.1) is 0 Å². The predicted octanol–water partition coefficient (Wildman–Crippen LogP) is 5.87. The van der Waals surface area contributed by atoms with Crippen LogP contribution in [0.2, 0.25) is 0 Å². The van der Waals surface area contributed by atoms with Crippen molar-refractivity contribution in [2.75, 3.05) is 6.54 Å². The van der Waals surface area contributed by atoms with E-state index in [1.807, 2.05) is 24.3 Å². The van der Waals surface area contributed by atoms with Crippen molar-refractivity contribution in [3.8, 4) is 0 Å². The second kappa shape index (κ2) is 7.46. The first-order valence-corrected chi connectivity index (χ1v) is 9.07. The van der Waals surface area contributed by atoms with Crippen LogP contribution < -0.4 is 0 Å². The molecule has 5 heteroatoms. The Morgan fingerprint density at radius 3 is 2.46 bits per heavy atom. The fraction of sp³-hybridized carbons (Fsp3) is 0.190. The van der Waals surface area contributed by atoms with Gasteiger partial charge in [0.1, 0.15) is 11.4 Å². The van der Waals surface area contributed by atoms with E-state index in [-0.39, 0.29) is 5.82 Å². The second-order valence-electron chi connectivity index (χ2n) is 6.22. The third-order valence-corrected chi connectivity index (χ3v) is 5.12. The van der Waals surface area contributed by atoms with Crippen molar-refractivity contribution in [1.82, 2.24) is 4.90 Å². The minimum atomic E-state index is -0.830. The Hall–Kier alpha value is -2.40. The number of benzene rings is 2. The first kappa shape index (κ1) is 18.4. The van der Waals surface area contributed by atoms with Crippen molar-refractivity contribution in [3.05, 3.63) is 89.2 Å². The first-order chi connectivity index (χ1) is 12.4. The van der Waals surface area contributed by atoms with Crippen molar-refractivity contribution in [2.45, 2.75) is 18.4 Å². The lowest BCUT2D eigenvalue weighted by Crippen LogP contribution is -2.46. The molecule has 3 nitrogen and oxygen atoms in total. The highest BCUT2D eigenvalue weighted by atomic mass is 79.9. The number of hydrogen-bond acceptors (Lipinski definition) is 2. The summed E-state index contributed by atoms with van der Waals surface area (Å²) in [7, 11) is 0. The molecule has 2 aromatic carbocycles. The molecule has 134 valence electrons. The molecule has 1 amide bonds. The van der Waals surface area contributed by atoms with Gasteiger partial charge in [-0.25, -0.2) is 9.18 Å². The highest BCUT2D eigenvalue weighted by Gasteiger charge is 2.42. The number of cyclic esters (lactones) is 1. The van der Waals surface area contributed by atoms with E-state index >= 15 is 0 Å². The first-order valence-electron chi connectivity index (χ1n) is 8.27. The van der Waals surface area contributed by atoms with E-state index in [2.05, 4.69) is 29.1 Å². The van der Waals surface area contributed by atoms with Gasteiger partial charge in [0.15, 0.2) is 0 Å². The molecular weight excluding hydrogens is 397 g/mol. The van der Waals surface area contributed by atoms with Gasteiger partial charge in [-0.15, -0.1) is 6.58 Å². The minimum Gasteiger partial charge on any atom is -0.437 e. The molecule has 0 saturated carbocycles. The average molecular weight is 416 g/mol. The number of hydrogen-bond donors (Lipinski definition) is 0. The summed E-state index contributed by atoms with van der Waals surface area (Å²) < 4.78 is 20.1. The summed E-state index contributed by atoms with van der Waals surface area (Å²) in [6, 6.07) is 13.7. The Balaban J connectivity index is 1.84. The van der Waals surface area contributed by atoms with Gasteiger partial charge < -0.3 is 4.74 Å². The van der Waals surface area contributed by atoms with Crippen LogP contribution in [-0.4, -0.2) is 17.5 Å². The molecule has 0 bridgehead atoms. The normalized spacial score (nSPS) is 19.8. The molecule has 1 saturated heterocycles. The van der Waals surface area contributed by atoms with Crippen LogP contribution in [0.4, 0.5) is 9.18 Å². The average Bonchev–Trinajstić information content (AvgIpc) is 2.63. The maximum Gasteiger partial charge on any atom is 0.415 e. The van der Waals surface area contributed by atoms with Gasteiger partial charge in [-0.1, -0.05) is 52.9 Å². The van der Waals surface area contributed by atoms with Crippen molar-refractivity contribution in [3.63, 3.8) is 0 Å². The van der Waals surface area contributed by atoms with E-state index in [0.29, 0.717) is 25.1 Å². The van der Waals surface area contributed by atoms with Crippen LogP contribution in [0.3, 0.4) is 0 Å². The van der Waals surface area contributed by atoms with Crippen LogP contribution >= 0.6 is 15.9 Å². The molecule has 1 fully saturated rings. The molecular formula is C21H19BrFNO2. The Labute approximate surface area is 160 Å². The molecule has 0 N–H and O–H groups in total. The Kier molecular flexibility index (Phi) is 5.28. The van der Waals surface area contributed by atoms with Gasteiger partial charge in [-0.3, -0.25) is 4.90 Å². The molecule has 0 radical (unpaired) electrons. The zero-order valence-corrected chi connectivity index (χ0v) is 15.8. The molecule has 1 atom stereocenters. The second-order valence-corrected chi connectivity index (χ2v) is 7.13. The predicted molar refractivity (Wildman–Crippen MR) is 104 cm³/mol. The molecule has 1 aliphatic heterocycles. The van der Waals surface area contributed by atoms with Crippen LogP contribution in [0.15, 0.2) is 72.2 Å². The third-order valence-electron chi connectivity index (χ3n) is 4.59. The summed E-state index contributed by atoms with van der Waals surface area (Å²) in [6.07, 6.45) is 2.28. The summed E-state index contributed by atoms with van der Waals surface area (Å²) in [5, 5.41) is 0. The Bertz CT molecular complexity index is 832. The molecule has 0 aliphatic carbocycles. The highest BCUT2D eigenvalue weighted by Crippen LogP contribution is 2.39. The van der Waals surface area contributed by atoms with Crippen LogP contribution in [0, 0.1) is 5.82 Å². The van der Waals surface area contributed by atoms with E-state index < -0.39 is 11.7 Å². The number of halogens is 2. The van der Waals surface area contributed by atoms with Crippen LogP contribution in [-0.2, 0) is 10.3 Å². The maximum atomic E-state index is 13.3. The van der Waals surface area contributed by atoms with E-state index in [0.717, 1.165) is 15.6 Å². The van der Waals surface area contributed by atoms with Crippen molar-refractivity contribution in [2.24, 2.45) is 0 Å². The van der Waals surface area contributed by atoms with Gasteiger partial charge >= 0.3 is 6.09 Å². The molecule has 2 aromatic rings. The van der Waals surface area contributed by atoms with Crippen molar-refractivity contribution < 1.29 is 13.9 Å². The van der Waals surface area contributed by atoms with E-state index in [9.17, 15) is 9.18 Å². The fourth-order valence-corrected chi connectivity index (χ4v) is 3.42. The SMILES string of the molecule is C=CC[C@]1(c2ccc(F)cc2)CCN(C(=C)c2ccc(Br)cc2)C(=O)O1. The van der Waals surface area contributed by atoms with Crippen LogP contribution in [0.5, 0.6) is 0 Å². The number of ether oxygens (including phenoxy) is 1. The van der Waals surface area contributed by atoms with E-state index in [1.165, 1.54) is 17.0 Å². The lowest BCUT2D eigenvalue weighted by molar-refractivity contribution is -0.0390. The van der Waals surface area contributed by atoms with E-state index in [1.54, 1.807) is 18.2 Å². The zero-order valence-electron chi connectivity index (χ0n) is 14.3. The van der Waals surface area contributed by atoms with Crippen LogP contribution in [0.25, 0.3) is 5.70 Å². The third kappa shape index (κ3) is 3.58. The Morgan fingerprint density at radius 1 is 1.23 bits per heavy atom. The fourth-order valence-electron chi connectivity index (χ4n) is 3.15. The smallest absolute Gasteiger partial charge is 0.415 e. The Morgan fingerprint density at radius 2 is 1.88 bits per heavy atom. The van der Waals surface area contributed by atoms with E-state index in [4.69, 9.17) is 4.74 Å². The van der Waals surface area contributed by atoms with Crippen molar-refractivity contribution >= 4 is 27.7 Å². The van der Waals surface area contributed by atoms with Gasteiger partial charge in [0.2, 0.25) is 0 Å². The molecule has 1 heterocycles. The number of carbonyl (C=O) groups excluding carboxylic acids is 1. The molecule has 1 aliphatic rings. The summed E-state index contributed by atoms with van der Waals surface area (Å²) in [5.74, 6) is -0.324. The highest BCUT2D eigenvalue weighted by molar-refractivity contribution is 9.10. The van der Waals surface area contributed by atoms with Gasteiger partial charge in [0, 0.05) is 29.6 Å². The number of rotatable bonds is 5. The monoisotopic (exact) mass is 415 g/mol.